The van der Waals surface area contributed by atoms with Crippen molar-refractivity contribution in [3.05, 3.63) is 29.8 Å². The summed E-state index contributed by atoms with van der Waals surface area (Å²) in [4.78, 5) is 26.3. The number of hydrogen-bond donors (Lipinski definition) is 2. The molecule has 1 atom stereocenters. The summed E-state index contributed by atoms with van der Waals surface area (Å²) >= 11 is 0. The van der Waals surface area contributed by atoms with E-state index in [0.29, 0.717) is 25.9 Å². The zero-order valence-corrected chi connectivity index (χ0v) is 14.7. The van der Waals surface area contributed by atoms with E-state index >= 15 is 0 Å². The number of amides is 2. The maximum atomic E-state index is 12.4. The highest BCUT2D eigenvalue weighted by molar-refractivity contribution is 5.87. The number of carbonyl (C=O) groups excluding carboxylic acids is 2. The lowest BCUT2D eigenvalue weighted by Crippen LogP contribution is -2.47. The molecule has 1 aromatic rings. The first-order valence-electron chi connectivity index (χ1n) is 8.34. The van der Waals surface area contributed by atoms with E-state index in [2.05, 4.69) is 5.32 Å². The van der Waals surface area contributed by atoms with Crippen LogP contribution in [0.1, 0.15) is 38.7 Å². The lowest BCUT2D eigenvalue weighted by atomic mass is 10.1. The van der Waals surface area contributed by atoms with Crippen LogP contribution >= 0.6 is 0 Å². The molecule has 6 heteroatoms. The van der Waals surface area contributed by atoms with Crippen LogP contribution in [-0.4, -0.2) is 48.1 Å². The molecule has 0 aliphatic carbocycles. The molecular formula is C18H28N2O4. The Morgan fingerprint density at radius 3 is 2.50 bits per heavy atom. The van der Waals surface area contributed by atoms with E-state index in [9.17, 15) is 9.59 Å². The van der Waals surface area contributed by atoms with Gasteiger partial charge >= 0.3 is 0 Å². The van der Waals surface area contributed by atoms with Crippen LogP contribution in [0.2, 0.25) is 0 Å². The van der Waals surface area contributed by atoms with Crippen molar-refractivity contribution in [2.45, 2.75) is 45.7 Å². The highest BCUT2D eigenvalue weighted by Gasteiger charge is 2.25. The first kappa shape index (κ1) is 20.0. The van der Waals surface area contributed by atoms with Gasteiger partial charge in [-0.25, -0.2) is 0 Å². The average Bonchev–Trinajstić information content (AvgIpc) is 2.59. The largest absolute Gasteiger partial charge is 0.497 e. The molecule has 0 fully saturated rings. The van der Waals surface area contributed by atoms with Crippen molar-refractivity contribution in [2.75, 3.05) is 20.3 Å². The topological polar surface area (TPSA) is 78.9 Å². The highest BCUT2D eigenvalue weighted by Crippen LogP contribution is 2.15. The van der Waals surface area contributed by atoms with Crippen LogP contribution < -0.4 is 10.1 Å². The Morgan fingerprint density at radius 2 is 1.96 bits per heavy atom. The number of ether oxygens (including phenoxy) is 1. The number of aliphatic hydroxyl groups is 1. The Hall–Kier alpha value is -2.08. The molecule has 6 nitrogen and oxygen atoms in total. The molecule has 0 bridgehead atoms. The number of rotatable bonds is 10. The summed E-state index contributed by atoms with van der Waals surface area (Å²) in [6.07, 6.45) is 1.64. The number of benzene rings is 1. The Balaban J connectivity index is 2.81. The van der Waals surface area contributed by atoms with E-state index in [1.165, 1.54) is 0 Å². The summed E-state index contributed by atoms with van der Waals surface area (Å²) in [7, 11) is 1.60. The minimum absolute atomic E-state index is 0.0268. The number of nitrogens with one attached hydrogen (secondary N) is 1. The predicted octanol–water partition coefficient (Wildman–Crippen LogP) is 1.71. The molecule has 1 rings (SSSR count). The van der Waals surface area contributed by atoms with E-state index in [0.717, 1.165) is 17.7 Å². The van der Waals surface area contributed by atoms with Crippen LogP contribution in [0.4, 0.5) is 0 Å². The standard InChI is InChI=1S/C18H28N2O4/c1-4-6-17(22)20(14(2)18(23)19-11-5-12-21)13-15-7-9-16(24-3)10-8-15/h7-10,14,21H,4-6,11-13H2,1-3H3,(H,19,23)/t14-/m0/s1. The Bertz CT molecular complexity index is 516. The van der Waals surface area contributed by atoms with Gasteiger partial charge in [0.2, 0.25) is 11.8 Å². The molecule has 2 amide bonds. The third-order valence-electron chi connectivity index (χ3n) is 3.78. The van der Waals surface area contributed by atoms with Gasteiger partial charge in [0.1, 0.15) is 11.8 Å². The fourth-order valence-electron chi connectivity index (χ4n) is 2.31. The van der Waals surface area contributed by atoms with Gasteiger partial charge in [0.15, 0.2) is 0 Å². The van der Waals surface area contributed by atoms with Gasteiger partial charge in [-0.15, -0.1) is 0 Å². The van der Waals surface area contributed by atoms with E-state index < -0.39 is 6.04 Å². The number of nitrogens with zero attached hydrogens (tertiary/aromatic N) is 1. The second-order valence-electron chi connectivity index (χ2n) is 5.66. The monoisotopic (exact) mass is 336 g/mol. The van der Waals surface area contributed by atoms with E-state index in [-0.39, 0.29) is 18.4 Å². The Morgan fingerprint density at radius 1 is 1.29 bits per heavy atom. The van der Waals surface area contributed by atoms with Gasteiger partial charge in [-0.2, -0.15) is 0 Å². The van der Waals surface area contributed by atoms with Gasteiger partial charge in [0, 0.05) is 26.1 Å². The fraction of sp³-hybridized carbons (Fsp3) is 0.556. The average molecular weight is 336 g/mol. The highest BCUT2D eigenvalue weighted by atomic mass is 16.5. The lowest BCUT2D eigenvalue weighted by Gasteiger charge is -2.28. The van der Waals surface area contributed by atoms with Crippen molar-refractivity contribution >= 4 is 11.8 Å². The van der Waals surface area contributed by atoms with Crippen LogP contribution in [0.5, 0.6) is 5.75 Å². The normalized spacial score (nSPS) is 11.7. The molecule has 0 saturated heterocycles. The molecule has 0 radical (unpaired) electrons. The van der Waals surface area contributed by atoms with E-state index in [1.54, 1.807) is 18.9 Å². The van der Waals surface area contributed by atoms with E-state index in [1.807, 2.05) is 31.2 Å². The van der Waals surface area contributed by atoms with Gasteiger partial charge in [-0.3, -0.25) is 9.59 Å². The van der Waals surface area contributed by atoms with Gasteiger partial charge in [0.05, 0.1) is 7.11 Å². The third kappa shape index (κ3) is 6.20. The molecule has 0 heterocycles. The Kier molecular flexibility index (Phi) is 8.86. The first-order chi connectivity index (χ1) is 11.5. The smallest absolute Gasteiger partial charge is 0.242 e. The lowest BCUT2D eigenvalue weighted by molar-refractivity contribution is -0.140. The minimum Gasteiger partial charge on any atom is -0.497 e. The molecular weight excluding hydrogens is 308 g/mol. The molecule has 0 saturated carbocycles. The second-order valence-corrected chi connectivity index (χ2v) is 5.66. The van der Waals surface area contributed by atoms with Crippen molar-refractivity contribution in [3.63, 3.8) is 0 Å². The minimum atomic E-state index is -0.565. The Labute approximate surface area is 143 Å². The number of methoxy groups -OCH3 is 1. The summed E-state index contributed by atoms with van der Waals surface area (Å²) in [5, 5.41) is 11.5. The van der Waals surface area contributed by atoms with Crippen LogP contribution in [0.25, 0.3) is 0 Å². The molecule has 2 N–H and O–H groups in total. The number of hydrogen-bond acceptors (Lipinski definition) is 4. The summed E-state index contributed by atoms with van der Waals surface area (Å²) < 4.78 is 5.14. The third-order valence-corrected chi connectivity index (χ3v) is 3.78. The van der Waals surface area contributed by atoms with Gasteiger partial charge in [-0.1, -0.05) is 19.1 Å². The zero-order valence-electron chi connectivity index (χ0n) is 14.7. The van der Waals surface area contributed by atoms with Crippen LogP contribution in [0.15, 0.2) is 24.3 Å². The molecule has 134 valence electrons. The maximum Gasteiger partial charge on any atom is 0.242 e. The second kappa shape index (κ2) is 10.6. The first-order valence-corrected chi connectivity index (χ1v) is 8.34. The summed E-state index contributed by atoms with van der Waals surface area (Å²) in [6, 6.07) is 6.89. The molecule has 0 aliphatic rings. The molecule has 0 unspecified atom stereocenters. The number of carbonyl (C=O) groups is 2. The summed E-state index contributed by atoms with van der Waals surface area (Å²) in [5.41, 5.74) is 0.940. The molecule has 0 aromatic heterocycles. The van der Waals surface area contributed by atoms with Crippen LogP contribution in [0, 0.1) is 0 Å². The molecule has 1 aromatic carbocycles. The van der Waals surface area contributed by atoms with Gasteiger partial charge in [-0.05, 0) is 37.5 Å². The van der Waals surface area contributed by atoms with E-state index in [4.69, 9.17) is 9.84 Å². The predicted molar refractivity (Wildman–Crippen MR) is 92.6 cm³/mol. The summed E-state index contributed by atoms with van der Waals surface area (Å²) in [5.74, 6) is 0.500. The summed E-state index contributed by atoms with van der Waals surface area (Å²) in [6.45, 7) is 4.47. The van der Waals surface area contributed by atoms with Gasteiger partial charge in [0.25, 0.3) is 0 Å². The van der Waals surface area contributed by atoms with Crippen molar-refractivity contribution in [3.8, 4) is 5.75 Å². The quantitative estimate of drug-likeness (QED) is 0.638. The molecule has 24 heavy (non-hydrogen) atoms. The SMILES string of the molecule is CCCC(=O)N(Cc1ccc(OC)cc1)[C@@H](C)C(=O)NCCCO. The fourth-order valence-corrected chi connectivity index (χ4v) is 2.31. The van der Waals surface area contributed by atoms with Gasteiger partial charge < -0.3 is 20.1 Å². The maximum absolute atomic E-state index is 12.4. The van der Waals surface area contributed by atoms with Crippen LogP contribution in [0.3, 0.4) is 0 Å². The van der Waals surface area contributed by atoms with Crippen LogP contribution in [-0.2, 0) is 16.1 Å². The molecule has 0 aliphatic heterocycles. The van der Waals surface area contributed by atoms with Crippen molar-refractivity contribution in [1.82, 2.24) is 10.2 Å². The zero-order chi connectivity index (χ0) is 17.9. The van der Waals surface area contributed by atoms with Crippen molar-refractivity contribution < 1.29 is 19.4 Å². The van der Waals surface area contributed by atoms with Crippen molar-refractivity contribution in [1.29, 1.82) is 0 Å². The van der Waals surface area contributed by atoms with Crippen molar-refractivity contribution in [2.24, 2.45) is 0 Å². The molecule has 0 spiro atoms. The number of aliphatic hydroxyl groups excluding tert-OH is 1.